The molecule has 7 nitrogen and oxygen atoms in total. The van der Waals surface area contributed by atoms with Crippen LogP contribution in [0.5, 0.6) is 5.75 Å². The fourth-order valence-corrected chi connectivity index (χ4v) is 1.65. The van der Waals surface area contributed by atoms with Gasteiger partial charge in [-0.3, -0.25) is 4.79 Å². The highest BCUT2D eigenvalue weighted by atomic mass is 16.6. The Balaban J connectivity index is 2.44. The number of amides is 2. The van der Waals surface area contributed by atoms with Gasteiger partial charge < -0.3 is 25.8 Å². The van der Waals surface area contributed by atoms with E-state index in [4.69, 9.17) is 15.2 Å². The normalized spacial score (nSPS) is 10.7. The maximum Gasteiger partial charge on any atom is 0.407 e. The van der Waals surface area contributed by atoms with E-state index in [1.165, 1.54) is 13.2 Å². The first-order valence-corrected chi connectivity index (χ1v) is 6.91. The zero-order chi connectivity index (χ0) is 16.8. The van der Waals surface area contributed by atoms with Gasteiger partial charge in [-0.15, -0.1) is 0 Å². The van der Waals surface area contributed by atoms with E-state index in [1.54, 1.807) is 32.9 Å². The first kappa shape index (κ1) is 17.6. The molecule has 0 atom stereocenters. The van der Waals surface area contributed by atoms with Crippen molar-refractivity contribution in [2.24, 2.45) is 0 Å². The van der Waals surface area contributed by atoms with Gasteiger partial charge in [-0.1, -0.05) is 0 Å². The molecule has 0 aliphatic rings. The van der Waals surface area contributed by atoms with Gasteiger partial charge in [0.2, 0.25) is 0 Å². The summed E-state index contributed by atoms with van der Waals surface area (Å²) < 4.78 is 10.2. The fraction of sp³-hybridized carbons (Fsp3) is 0.467. The number of benzene rings is 1. The Morgan fingerprint density at radius 3 is 2.41 bits per heavy atom. The van der Waals surface area contributed by atoms with Crippen molar-refractivity contribution in [2.75, 3.05) is 25.9 Å². The van der Waals surface area contributed by atoms with Crippen molar-refractivity contribution in [3.63, 3.8) is 0 Å². The lowest BCUT2D eigenvalue weighted by Crippen LogP contribution is -2.37. The van der Waals surface area contributed by atoms with E-state index < -0.39 is 11.7 Å². The Kier molecular flexibility index (Phi) is 6.03. The lowest BCUT2D eigenvalue weighted by Gasteiger charge is -2.19. The van der Waals surface area contributed by atoms with E-state index in [2.05, 4.69) is 10.6 Å². The highest BCUT2D eigenvalue weighted by Crippen LogP contribution is 2.20. The molecular formula is C15H23N3O4. The van der Waals surface area contributed by atoms with Crippen LogP contribution in [0.25, 0.3) is 0 Å². The minimum atomic E-state index is -0.553. The number of nitrogens with two attached hydrogens (primary N) is 1. The summed E-state index contributed by atoms with van der Waals surface area (Å²) in [6.45, 7) is 5.85. The number of hydrogen-bond donors (Lipinski definition) is 3. The lowest BCUT2D eigenvalue weighted by molar-refractivity contribution is 0.0526. The Morgan fingerprint density at radius 2 is 1.82 bits per heavy atom. The molecule has 0 heterocycles. The Bertz CT molecular complexity index is 538. The van der Waals surface area contributed by atoms with Gasteiger partial charge in [-0.25, -0.2) is 4.79 Å². The van der Waals surface area contributed by atoms with Crippen molar-refractivity contribution in [3.8, 4) is 5.75 Å². The quantitative estimate of drug-likeness (QED) is 0.565. The molecule has 1 rings (SSSR count). The summed E-state index contributed by atoms with van der Waals surface area (Å²) >= 11 is 0. The molecule has 122 valence electrons. The molecule has 7 heteroatoms. The highest BCUT2D eigenvalue weighted by Gasteiger charge is 2.16. The monoisotopic (exact) mass is 309 g/mol. The number of carbonyl (C=O) groups excluding carboxylic acids is 2. The Morgan fingerprint density at radius 1 is 1.18 bits per heavy atom. The molecule has 0 saturated heterocycles. The van der Waals surface area contributed by atoms with Gasteiger partial charge in [0.25, 0.3) is 5.91 Å². The van der Waals surface area contributed by atoms with E-state index in [1.807, 2.05) is 0 Å². The van der Waals surface area contributed by atoms with Crippen LogP contribution in [0.4, 0.5) is 10.5 Å². The molecule has 0 aliphatic carbocycles. The van der Waals surface area contributed by atoms with Crippen molar-refractivity contribution >= 4 is 17.7 Å². The standard InChI is InChI=1S/C15H23N3O4/c1-15(2,3)22-14(20)18-8-7-17-13(19)11-9-10(16)5-6-12(11)21-4/h5-6,9H,7-8,16H2,1-4H3,(H,17,19)(H,18,20). The van der Waals surface area contributed by atoms with Crippen molar-refractivity contribution < 1.29 is 19.1 Å². The van der Waals surface area contributed by atoms with Crippen LogP contribution in [-0.4, -0.2) is 37.8 Å². The number of hydrogen-bond acceptors (Lipinski definition) is 5. The van der Waals surface area contributed by atoms with Crippen LogP contribution in [0.3, 0.4) is 0 Å². The number of rotatable bonds is 5. The summed E-state index contributed by atoms with van der Waals surface area (Å²) in [5.74, 6) is 0.113. The smallest absolute Gasteiger partial charge is 0.407 e. The largest absolute Gasteiger partial charge is 0.496 e. The van der Waals surface area contributed by atoms with E-state index in [0.29, 0.717) is 17.0 Å². The molecule has 1 aromatic carbocycles. The van der Waals surface area contributed by atoms with Crippen molar-refractivity contribution in [2.45, 2.75) is 26.4 Å². The zero-order valence-corrected chi connectivity index (χ0v) is 13.4. The van der Waals surface area contributed by atoms with E-state index >= 15 is 0 Å². The van der Waals surface area contributed by atoms with Crippen LogP contribution in [0, 0.1) is 0 Å². The van der Waals surface area contributed by atoms with E-state index in [9.17, 15) is 9.59 Å². The van der Waals surface area contributed by atoms with Crippen molar-refractivity contribution in [1.29, 1.82) is 0 Å². The third-order valence-electron chi connectivity index (χ3n) is 2.55. The number of ether oxygens (including phenoxy) is 2. The molecule has 0 bridgehead atoms. The van der Waals surface area contributed by atoms with Crippen molar-refractivity contribution in [1.82, 2.24) is 10.6 Å². The molecule has 0 radical (unpaired) electrons. The average molecular weight is 309 g/mol. The van der Waals surface area contributed by atoms with Crippen LogP contribution >= 0.6 is 0 Å². The van der Waals surface area contributed by atoms with Gasteiger partial charge in [0.15, 0.2) is 0 Å². The topological polar surface area (TPSA) is 103 Å². The molecule has 1 aromatic rings. The van der Waals surface area contributed by atoms with Crippen LogP contribution in [0.2, 0.25) is 0 Å². The van der Waals surface area contributed by atoms with Gasteiger partial charge in [0, 0.05) is 18.8 Å². The molecule has 0 fully saturated rings. The lowest BCUT2D eigenvalue weighted by atomic mass is 10.1. The zero-order valence-electron chi connectivity index (χ0n) is 13.4. The summed E-state index contributed by atoms with van der Waals surface area (Å²) in [4.78, 5) is 23.5. The van der Waals surface area contributed by atoms with E-state index in [0.717, 1.165) is 0 Å². The summed E-state index contributed by atoms with van der Waals surface area (Å²) in [7, 11) is 1.48. The van der Waals surface area contributed by atoms with Gasteiger partial charge in [0.1, 0.15) is 11.4 Å². The molecule has 2 amide bonds. The average Bonchev–Trinajstić information content (AvgIpc) is 2.41. The Hall–Kier alpha value is -2.44. The molecule has 22 heavy (non-hydrogen) atoms. The second-order valence-corrected chi connectivity index (χ2v) is 5.64. The van der Waals surface area contributed by atoms with Crippen LogP contribution < -0.4 is 21.1 Å². The number of methoxy groups -OCH3 is 1. The summed E-state index contributed by atoms with van der Waals surface area (Å²) in [6, 6.07) is 4.82. The molecule has 0 saturated carbocycles. The minimum Gasteiger partial charge on any atom is -0.496 e. The van der Waals surface area contributed by atoms with Crippen LogP contribution in [0.15, 0.2) is 18.2 Å². The summed E-state index contributed by atoms with van der Waals surface area (Å²) in [6.07, 6.45) is -0.525. The minimum absolute atomic E-state index is 0.255. The molecule has 4 N–H and O–H groups in total. The molecule has 0 spiro atoms. The maximum absolute atomic E-state index is 12.1. The summed E-state index contributed by atoms with van der Waals surface area (Å²) in [5, 5.41) is 5.23. The Labute approximate surface area is 130 Å². The fourth-order valence-electron chi connectivity index (χ4n) is 1.65. The van der Waals surface area contributed by atoms with E-state index in [-0.39, 0.29) is 19.0 Å². The second-order valence-electron chi connectivity index (χ2n) is 5.64. The van der Waals surface area contributed by atoms with Crippen LogP contribution in [0.1, 0.15) is 31.1 Å². The van der Waals surface area contributed by atoms with Gasteiger partial charge in [-0.05, 0) is 39.0 Å². The molecule has 0 unspecified atom stereocenters. The molecular weight excluding hydrogens is 286 g/mol. The molecule has 0 aliphatic heterocycles. The SMILES string of the molecule is COc1ccc(N)cc1C(=O)NCCNC(=O)OC(C)(C)C. The van der Waals surface area contributed by atoms with Gasteiger partial charge in [0.05, 0.1) is 12.7 Å². The van der Waals surface area contributed by atoms with Gasteiger partial charge in [-0.2, -0.15) is 0 Å². The first-order chi connectivity index (χ1) is 10.2. The number of carbonyl (C=O) groups is 2. The number of nitrogens with one attached hydrogen (secondary N) is 2. The predicted octanol–water partition coefficient (Wildman–Crippen LogP) is 1.53. The number of anilines is 1. The highest BCUT2D eigenvalue weighted by molar-refractivity contribution is 5.97. The number of nitrogen functional groups attached to an aromatic ring is 1. The maximum atomic E-state index is 12.1. The van der Waals surface area contributed by atoms with Gasteiger partial charge >= 0.3 is 6.09 Å². The van der Waals surface area contributed by atoms with Crippen LogP contribution in [-0.2, 0) is 4.74 Å². The van der Waals surface area contributed by atoms with Crippen molar-refractivity contribution in [3.05, 3.63) is 23.8 Å². The second kappa shape index (κ2) is 7.53. The first-order valence-electron chi connectivity index (χ1n) is 6.91. The third kappa shape index (κ3) is 5.90. The predicted molar refractivity (Wildman–Crippen MR) is 84.0 cm³/mol. The third-order valence-corrected chi connectivity index (χ3v) is 2.55. The summed E-state index contributed by atoms with van der Waals surface area (Å²) in [5.41, 5.74) is 5.93. The molecule has 0 aromatic heterocycles. The number of alkyl carbamates (subject to hydrolysis) is 1.